The lowest BCUT2D eigenvalue weighted by Gasteiger charge is -2.33. The molecule has 0 aliphatic rings. The lowest BCUT2D eigenvalue weighted by atomic mass is 9.71. The van der Waals surface area contributed by atoms with Crippen molar-refractivity contribution in [3.63, 3.8) is 0 Å². The van der Waals surface area contributed by atoms with Crippen molar-refractivity contribution in [1.29, 1.82) is 0 Å². The molecule has 0 aliphatic heterocycles. The van der Waals surface area contributed by atoms with E-state index in [9.17, 15) is 10.2 Å². The van der Waals surface area contributed by atoms with Crippen molar-refractivity contribution in [1.82, 2.24) is 0 Å². The summed E-state index contributed by atoms with van der Waals surface area (Å²) >= 11 is 0. The molecule has 0 saturated carbocycles. The van der Waals surface area contributed by atoms with Gasteiger partial charge in [-0.25, -0.2) is 0 Å². The van der Waals surface area contributed by atoms with Crippen LogP contribution in [-0.4, -0.2) is 10.2 Å². The Balaban J connectivity index is 3.17. The number of phenols is 2. The van der Waals surface area contributed by atoms with Crippen LogP contribution in [0, 0.1) is 0 Å². The van der Waals surface area contributed by atoms with Gasteiger partial charge < -0.3 is 10.2 Å². The molecule has 0 saturated heterocycles. The van der Waals surface area contributed by atoms with Crippen LogP contribution in [0.5, 0.6) is 11.5 Å². The number of rotatable bonds is 9. The molecule has 0 aliphatic carbocycles. The van der Waals surface area contributed by atoms with Crippen molar-refractivity contribution in [2.75, 3.05) is 0 Å². The monoisotopic (exact) mass is 410 g/mol. The molecule has 0 heterocycles. The maximum absolute atomic E-state index is 11.8. The Bertz CT molecular complexity index is 852. The van der Waals surface area contributed by atoms with E-state index < -0.39 is 0 Å². The zero-order valence-electron chi connectivity index (χ0n) is 20.3. The van der Waals surface area contributed by atoms with Gasteiger partial charge in [-0.15, -0.1) is 0 Å². The van der Waals surface area contributed by atoms with E-state index in [1.807, 2.05) is 18.2 Å². The van der Waals surface area contributed by atoms with Crippen LogP contribution in [0.3, 0.4) is 0 Å². The van der Waals surface area contributed by atoms with Crippen LogP contribution in [0.25, 0.3) is 11.1 Å². The summed E-state index contributed by atoms with van der Waals surface area (Å²) in [6, 6.07) is 7.46. The fourth-order valence-corrected chi connectivity index (χ4v) is 4.66. The highest BCUT2D eigenvalue weighted by molar-refractivity contribution is 5.83. The highest BCUT2D eigenvalue weighted by Crippen LogP contribution is 2.52. The van der Waals surface area contributed by atoms with E-state index >= 15 is 0 Å². The molecular formula is C28H42O2. The second-order valence-electron chi connectivity index (χ2n) is 9.13. The maximum atomic E-state index is 11.8. The average Bonchev–Trinajstić information content (AvgIpc) is 2.76. The summed E-state index contributed by atoms with van der Waals surface area (Å²) in [5.41, 5.74) is 6.68. The van der Waals surface area contributed by atoms with E-state index in [4.69, 9.17) is 0 Å². The molecule has 2 N–H and O–H groups in total. The van der Waals surface area contributed by atoms with Crippen LogP contribution in [0.4, 0.5) is 0 Å². The molecule has 0 aromatic heterocycles. The SMILES string of the molecule is CCC(C)c1c(O)c(-c2ccccc2O)c(C(C)CC)c(C(C)CC)c1C(C)CC. The minimum atomic E-state index is 0.235. The first-order valence-electron chi connectivity index (χ1n) is 12.0. The number of aromatic hydroxyl groups is 2. The normalized spacial score (nSPS) is 15.6. The first-order valence-corrected chi connectivity index (χ1v) is 12.0. The lowest BCUT2D eigenvalue weighted by Crippen LogP contribution is -2.15. The van der Waals surface area contributed by atoms with Gasteiger partial charge in [-0.1, -0.05) is 73.6 Å². The van der Waals surface area contributed by atoms with Crippen LogP contribution < -0.4 is 0 Å². The van der Waals surface area contributed by atoms with E-state index in [0.29, 0.717) is 23.5 Å². The summed E-state index contributed by atoms with van der Waals surface area (Å²) in [5, 5.41) is 22.5. The molecule has 2 heteroatoms. The van der Waals surface area contributed by atoms with Gasteiger partial charge >= 0.3 is 0 Å². The van der Waals surface area contributed by atoms with Gasteiger partial charge in [0.05, 0.1) is 0 Å². The lowest BCUT2D eigenvalue weighted by molar-refractivity contribution is 0.454. The van der Waals surface area contributed by atoms with Crippen molar-refractivity contribution >= 4 is 0 Å². The van der Waals surface area contributed by atoms with Crippen LogP contribution in [0.2, 0.25) is 0 Å². The topological polar surface area (TPSA) is 40.5 Å². The van der Waals surface area contributed by atoms with Crippen molar-refractivity contribution in [2.45, 2.75) is 105 Å². The number of phenolic OH excluding ortho intramolecular Hbond substituents is 2. The molecule has 166 valence electrons. The molecule has 2 rings (SSSR count). The van der Waals surface area contributed by atoms with Crippen molar-refractivity contribution in [3.05, 3.63) is 46.5 Å². The van der Waals surface area contributed by atoms with E-state index in [0.717, 1.165) is 42.4 Å². The molecule has 0 spiro atoms. The molecular weight excluding hydrogens is 368 g/mol. The Morgan fingerprint density at radius 2 is 1.00 bits per heavy atom. The highest BCUT2D eigenvalue weighted by atomic mass is 16.3. The third-order valence-corrected chi connectivity index (χ3v) is 7.23. The molecule has 30 heavy (non-hydrogen) atoms. The zero-order chi connectivity index (χ0) is 22.6. The van der Waals surface area contributed by atoms with E-state index in [1.165, 1.54) is 16.7 Å². The Hall–Kier alpha value is -1.96. The molecule has 0 fully saturated rings. The van der Waals surface area contributed by atoms with Crippen molar-refractivity contribution in [3.8, 4) is 22.6 Å². The summed E-state index contributed by atoms with van der Waals surface area (Å²) in [4.78, 5) is 0. The van der Waals surface area contributed by atoms with Gasteiger partial charge in [-0.3, -0.25) is 0 Å². The molecule has 4 unspecified atom stereocenters. The minimum absolute atomic E-state index is 0.235. The molecule has 2 nitrogen and oxygen atoms in total. The van der Waals surface area contributed by atoms with Gasteiger partial charge in [0.15, 0.2) is 0 Å². The Labute approximate surface area is 184 Å². The first-order chi connectivity index (χ1) is 14.2. The van der Waals surface area contributed by atoms with Gasteiger partial charge in [0.25, 0.3) is 0 Å². The van der Waals surface area contributed by atoms with E-state index in [-0.39, 0.29) is 11.7 Å². The number of hydrogen-bond acceptors (Lipinski definition) is 2. The quantitative estimate of drug-likeness (QED) is 0.433. The average molecular weight is 411 g/mol. The standard InChI is InChI=1S/C28H42O2/c1-9-17(5)23-24(18(6)10-2)26(20(8)12-4)28(30)27(25(23)19(7)11-3)21-15-13-14-16-22(21)29/h13-20,29-30H,9-12H2,1-8H3. The summed E-state index contributed by atoms with van der Waals surface area (Å²) in [5.74, 6) is 1.94. The predicted molar refractivity (Wildman–Crippen MR) is 130 cm³/mol. The van der Waals surface area contributed by atoms with E-state index in [2.05, 4.69) is 55.4 Å². The fourth-order valence-electron chi connectivity index (χ4n) is 4.66. The zero-order valence-corrected chi connectivity index (χ0v) is 20.3. The molecule has 2 aromatic rings. The second-order valence-corrected chi connectivity index (χ2v) is 9.13. The third kappa shape index (κ3) is 4.38. The van der Waals surface area contributed by atoms with Crippen LogP contribution in [-0.2, 0) is 0 Å². The summed E-state index contributed by atoms with van der Waals surface area (Å²) in [6.45, 7) is 18.0. The first kappa shape index (κ1) is 24.3. The summed E-state index contributed by atoms with van der Waals surface area (Å²) in [7, 11) is 0. The number of hydrogen-bond donors (Lipinski definition) is 2. The Morgan fingerprint density at radius 3 is 1.47 bits per heavy atom. The van der Waals surface area contributed by atoms with Gasteiger partial charge in [0.1, 0.15) is 11.5 Å². The smallest absolute Gasteiger partial charge is 0.127 e. The van der Waals surface area contributed by atoms with Crippen LogP contribution in [0.15, 0.2) is 24.3 Å². The van der Waals surface area contributed by atoms with Crippen molar-refractivity contribution < 1.29 is 10.2 Å². The summed E-state index contributed by atoms with van der Waals surface area (Å²) < 4.78 is 0. The largest absolute Gasteiger partial charge is 0.507 e. The van der Waals surface area contributed by atoms with Crippen molar-refractivity contribution in [2.24, 2.45) is 0 Å². The highest BCUT2D eigenvalue weighted by Gasteiger charge is 2.32. The predicted octanol–water partition coefficient (Wildman–Crippen LogP) is 8.82. The second kappa shape index (κ2) is 10.4. The Morgan fingerprint density at radius 1 is 0.600 bits per heavy atom. The molecule has 0 radical (unpaired) electrons. The molecule has 2 aromatic carbocycles. The van der Waals surface area contributed by atoms with Gasteiger partial charge in [0.2, 0.25) is 0 Å². The van der Waals surface area contributed by atoms with E-state index in [1.54, 1.807) is 6.07 Å². The van der Waals surface area contributed by atoms with Gasteiger partial charge in [-0.05, 0) is 72.1 Å². The number of benzene rings is 2. The Kier molecular flexibility index (Phi) is 8.41. The minimum Gasteiger partial charge on any atom is -0.507 e. The number of para-hydroxylation sites is 1. The third-order valence-electron chi connectivity index (χ3n) is 7.23. The molecule has 0 amide bonds. The molecule has 0 bridgehead atoms. The van der Waals surface area contributed by atoms with Crippen LogP contribution >= 0.6 is 0 Å². The summed E-state index contributed by atoms with van der Waals surface area (Å²) in [6.07, 6.45) is 4.06. The maximum Gasteiger partial charge on any atom is 0.127 e. The molecule has 4 atom stereocenters. The van der Waals surface area contributed by atoms with Gasteiger partial charge in [-0.2, -0.15) is 0 Å². The van der Waals surface area contributed by atoms with Crippen LogP contribution in [0.1, 0.15) is 127 Å². The fraction of sp³-hybridized carbons (Fsp3) is 0.571. The van der Waals surface area contributed by atoms with Gasteiger partial charge in [0, 0.05) is 16.7 Å².